The number of hydrazine groups is 1. The van der Waals surface area contributed by atoms with Gasteiger partial charge < -0.3 is 15.0 Å². The topological polar surface area (TPSA) is 109 Å². The molecular formula is C29H25FN8O2. The maximum atomic E-state index is 15.4. The van der Waals surface area contributed by atoms with E-state index in [2.05, 4.69) is 26.2 Å². The van der Waals surface area contributed by atoms with Gasteiger partial charge in [-0.2, -0.15) is 5.10 Å². The molecule has 200 valence electrons. The van der Waals surface area contributed by atoms with Crippen molar-refractivity contribution in [3.05, 3.63) is 89.6 Å². The van der Waals surface area contributed by atoms with E-state index < -0.39 is 18.0 Å². The van der Waals surface area contributed by atoms with Gasteiger partial charge in [0.1, 0.15) is 17.7 Å². The molecule has 2 fully saturated rings. The van der Waals surface area contributed by atoms with Crippen molar-refractivity contribution in [3.63, 3.8) is 0 Å². The number of anilines is 1. The number of halogens is 1. The molecule has 10 nitrogen and oxygen atoms in total. The molecule has 5 aromatic rings. The summed E-state index contributed by atoms with van der Waals surface area (Å²) in [6.07, 6.45) is 4.85. The van der Waals surface area contributed by atoms with Crippen LogP contribution < -0.4 is 21.1 Å². The second-order valence-electron chi connectivity index (χ2n) is 9.57. The Morgan fingerprint density at radius 2 is 1.88 bits per heavy atom. The number of fused-ring (bicyclic) bond motifs is 2. The molecule has 2 aliphatic rings. The van der Waals surface area contributed by atoms with Gasteiger partial charge in [-0.25, -0.2) is 29.1 Å². The lowest BCUT2D eigenvalue weighted by Crippen LogP contribution is -2.36. The number of morpholine rings is 1. The van der Waals surface area contributed by atoms with Crippen molar-refractivity contribution in [1.82, 2.24) is 35.8 Å². The minimum atomic E-state index is -0.673. The molecule has 0 spiro atoms. The molecule has 0 aliphatic carbocycles. The predicted molar refractivity (Wildman–Crippen MR) is 150 cm³/mol. The van der Waals surface area contributed by atoms with Crippen LogP contribution in [0.1, 0.15) is 23.1 Å². The predicted octanol–water partition coefficient (Wildman–Crippen LogP) is 3.91. The van der Waals surface area contributed by atoms with Gasteiger partial charge in [-0.3, -0.25) is 5.43 Å². The molecule has 5 heterocycles. The zero-order valence-electron chi connectivity index (χ0n) is 21.3. The summed E-state index contributed by atoms with van der Waals surface area (Å²) in [5.41, 5.74) is 10.6. The highest BCUT2D eigenvalue weighted by atomic mass is 19.1. The SMILES string of the molecule is O=C1NNC(c2ccc(-c3c(/C=C/c4ccc5ccccc5n4)nc4c(N5CCOCC5)ccnn34)cc2F)N1. The first-order valence-electron chi connectivity index (χ1n) is 13.0. The summed E-state index contributed by atoms with van der Waals surface area (Å²) in [7, 11) is 0. The number of ether oxygens (including phenoxy) is 1. The fourth-order valence-corrected chi connectivity index (χ4v) is 5.13. The average molecular weight is 537 g/mol. The van der Waals surface area contributed by atoms with E-state index in [1.54, 1.807) is 16.8 Å². The van der Waals surface area contributed by atoms with Crippen LogP contribution in [0.25, 0.3) is 40.0 Å². The third kappa shape index (κ3) is 4.40. The molecular weight excluding hydrogens is 511 g/mol. The van der Waals surface area contributed by atoms with Gasteiger partial charge in [0.15, 0.2) is 5.65 Å². The van der Waals surface area contributed by atoms with Crippen LogP contribution in [-0.2, 0) is 4.74 Å². The van der Waals surface area contributed by atoms with Crippen molar-refractivity contribution in [1.29, 1.82) is 0 Å². The van der Waals surface area contributed by atoms with E-state index in [1.807, 2.05) is 60.7 Å². The van der Waals surface area contributed by atoms with Crippen molar-refractivity contribution < 1.29 is 13.9 Å². The highest BCUT2D eigenvalue weighted by Gasteiger charge is 2.25. The van der Waals surface area contributed by atoms with Crippen LogP contribution in [0.5, 0.6) is 0 Å². The Kier molecular flexibility index (Phi) is 6.06. The van der Waals surface area contributed by atoms with Gasteiger partial charge in [0.2, 0.25) is 0 Å². The number of aromatic nitrogens is 4. The molecule has 2 saturated heterocycles. The molecule has 3 N–H and O–H groups in total. The first kappa shape index (κ1) is 24.2. The minimum absolute atomic E-state index is 0.315. The van der Waals surface area contributed by atoms with Crippen molar-refractivity contribution in [2.45, 2.75) is 6.17 Å². The van der Waals surface area contributed by atoms with Crippen molar-refractivity contribution in [3.8, 4) is 11.3 Å². The van der Waals surface area contributed by atoms with Crippen LogP contribution >= 0.6 is 0 Å². The Labute approximate surface area is 228 Å². The normalized spacial score (nSPS) is 17.6. The van der Waals surface area contributed by atoms with Gasteiger partial charge in [-0.05, 0) is 36.4 Å². The van der Waals surface area contributed by atoms with Crippen molar-refractivity contribution in [2.75, 3.05) is 31.2 Å². The van der Waals surface area contributed by atoms with Gasteiger partial charge in [-0.15, -0.1) is 0 Å². The van der Waals surface area contributed by atoms with Crippen LogP contribution in [0.3, 0.4) is 0 Å². The molecule has 2 aliphatic heterocycles. The Morgan fingerprint density at radius 1 is 1.00 bits per heavy atom. The number of nitrogens with zero attached hydrogens (tertiary/aromatic N) is 5. The van der Waals surface area contributed by atoms with Gasteiger partial charge >= 0.3 is 6.03 Å². The molecule has 2 aromatic carbocycles. The number of carbonyl (C=O) groups is 1. The zero-order valence-corrected chi connectivity index (χ0v) is 21.3. The number of pyridine rings is 1. The van der Waals surface area contributed by atoms with Crippen molar-refractivity contribution >= 4 is 40.4 Å². The number of nitrogens with one attached hydrogen (secondary N) is 3. The van der Waals surface area contributed by atoms with E-state index in [0.29, 0.717) is 41.4 Å². The molecule has 2 amide bonds. The van der Waals surface area contributed by atoms with Gasteiger partial charge in [0, 0.05) is 29.6 Å². The monoisotopic (exact) mass is 536 g/mol. The third-order valence-corrected chi connectivity index (χ3v) is 7.10. The van der Waals surface area contributed by atoms with E-state index in [-0.39, 0.29) is 0 Å². The Bertz CT molecular complexity index is 1780. The molecule has 3 aromatic heterocycles. The smallest absolute Gasteiger partial charge is 0.330 e. The molecule has 7 rings (SSSR count). The highest BCUT2D eigenvalue weighted by Crippen LogP contribution is 2.32. The Balaban J connectivity index is 1.34. The van der Waals surface area contributed by atoms with E-state index in [9.17, 15) is 4.79 Å². The molecule has 1 unspecified atom stereocenters. The largest absolute Gasteiger partial charge is 0.378 e. The van der Waals surface area contributed by atoms with Gasteiger partial charge in [-0.1, -0.05) is 36.4 Å². The maximum absolute atomic E-state index is 15.4. The summed E-state index contributed by atoms with van der Waals surface area (Å²) in [5, 5.41) is 8.31. The number of amides is 2. The van der Waals surface area contributed by atoms with Crippen LogP contribution in [-0.4, -0.2) is 51.9 Å². The van der Waals surface area contributed by atoms with E-state index in [0.717, 1.165) is 35.4 Å². The van der Waals surface area contributed by atoms with Gasteiger partial charge in [0.05, 0.1) is 42.0 Å². The summed E-state index contributed by atoms with van der Waals surface area (Å²) in [6.45, 7) is 2.75. The second-order valence-corrected chi connectivity index (χ2v) is 9.57. The summed E-state index contributed by atoms with van der Waals surface area (Å²) in [5.74, 6) is -0.468. The van der Waals surface area contributed by atoms with E-state index >= 15 is 4.39 Å². The van der Waals surface area contributed by atoms with Crippen LogP contribution in [0.15, 0.2) is 66.9 Å². The molecule has 0 saturated carbocycles. The number of rotatable bonds is 5. The quantitative estimate of drug-likeness (QED) is 0.313. The van der Waals surface area contributed by atoms with Crippen LogP contribution in [0, 0.1) is 5.82 Å². The summed E-state index contributed by atoms with van der Waals surface area (Å²) >= 11 is 0. The minimum Gasteiger partial charge on any atom is -0.378 e. The lowest BCUT2D eigenvalue weighted by atomic mass is 10.0. The summed E-state index contributed by atoms with van der Waals surface area (Å²) < 4.78 is 22.7. The van der Waals surface area contributed by atoms with E-state index in [1.165, 1.54) is 6.07 Å². The number of hydrogen-bond acceptors (Lipinski definition) is 7. The summed E-state index contributed by atoms with van der Waals surface area (Å²) in [6, 6.07) is 18.4. The van der Waals surface area contributed by atoms with Gasteiger partial charge in [0.25, 0.3) is 0 Å². The fraction of sp³-hybridized carbons (Fsp3) is 0.172. The molecule has 11 heteroatoms. The molecule has 1 atom stereocenters. The average Bonchev–Trinajstić information content (AvgIpc) is 3.59. The Hall–Kier alpha value is -4.87. The van der Waals surface area contributed by atoms with E-state index in [4.69, 9.17) is 14.7 Å². The first-order valence-corrected chi connectivity index (χ1v) is 13.0. The second kappa shape index (κ2) is 10.0. The molecule has 0 bridgehead atoms. The molecule has 0 radical (unpaired) electrons. The number of urea groups is 1. The summed E-state index contributed by atoms with van der Waals surface area (Å²) in [4.78, 5) is 23.5. The zero-order chi connectivity index (χ0) is 27.1. The number of para-hydroxylation sites is 1. The lowest BCUT2D eigenvalue weighted by molar-refractivity contribution is 0.123. The number of carbonyl (C=O) groups excluding carboxylic acids is 1. The molecule has 40 heavy (non-hydrogen) atoms. The number of benzene rings is 2. The maximum Gasteiger partial charge on any atom is 0.330 e. The van der Waals surface area contributed by atoms with Crippen molar-refractivity contribution in [2.24, 2.45) is 0 Å². The van der Waals surface area contributed by atoms with Crippen LogP contribution in [0.2, 0.25) is 0 Å². The number of imidazole rings is 1. The third-order valence-electron chi connectivity index (χ3n) is 7.10. The number of hydrogen-bond donors (Lipinski definition) is 3. The standard InChI is InChI=1S/C29H25FN8O2/c30-22-17-19(6-9-21(22)27-34-29(39)36-35-27)26-24(10-8-20-7-5-18-3-1-2-4-23(18)32-20)33-28-25(11-12-31-38(26)28)37-13-15-40-16-14-37/h1-12,17,27,35H,13-16H2,(H2,34,36,39)/b10-8+. The fourth-order valence-electron chi connectivity index (χ4n) is 5.13. The van der Waals surface area contributed by atoms with Crippen LogP contribution in [0.4, 0.5) is 14.9 Å². The lowest BCUT2D eigenvalue weighted by Gasteiger charge is -2.28. The Morgan fingerprint density at radius 3 is 2.70 bits per heavy atom. The highest BCUT2D eigenvalue weighted by molar-refractivity contribution is 5.85. The first-order chi connectivity index (χ1) is 19.6.